The summed E-state index contributed by atoms with van der Waals surface area (Å²) in [6, 6.07) is 12.0. The van der Waals surface area contributed by atoms with Crippen LogP contribution >= 0.6 is 27.5 Å². The zero-order valence-corrected chi connectivity index (χ0v) is 10.1. The van der Waals surface area contributed by atoms with Crippen LogP contribution < -0.4 is 0 Å². The molecular formula is C12H7BrClN. The average molecular weight is 281 g/mol. The first-order valence-electron chi connectivity index (χ1n) is 4.61. The van der Waals surface area contributed by atoms with Gasteiger partial charge in [-0.25, -0.2) is 0 Å². The van der Waals surface area contributed by atoms with Gasteiger partial charge in [0.1, 0.15) is 0 Å². The molecule has 1 N–H and O–H groups in total. The van der Waals surface area contributed by atoms with Crippen molar-refractivity contribution in [3.63, 3.8) is 0 Å². The molecule has 1 aromatic heterocycles. The Hall–Kier alpha value is -0.990. The lowest BCUT2D eigenvalue weighted by molar-refractivity contribution is 1.53. The Morgan fingerprint density at radius 2 is 1.93 bits per heavy atom. The van der Waals surface area contributed by atoms with Gasteiger partial charge in [0.25, 0.3) is 0 Å². The molecule has 3 aromatic rings. The quantitative estimate of drug-likeness (QED) is 0.612. The van der Waals surface area contributed by atoms with Crippen LogP contribution in [-0.4, -0.2) is 4.98 Å². The molecule has 0 aliphatic heterocycles. The number of aromatic amines is 1. The SMILES string of the molecule is Clc1ccc2[nH]c3c(Br)cccc3c2c1. The maximum Gasteiger partial charge on any atom is 0.0609 e. The summed E-state index contributed by atoms with van der Waals surface area (Å²) in [6.45, 7) is 0. The van der Waals surface area contributed by atoms with E-state index in [2.05, 4.69) is 27.0 Å². The van der Waals surface area contributed by atoms with E-state index in [1.807, 2.05) is 30.3 Å². The highest BCUT2D eigenvalue weighted by Crippen LogP contribution is 2.31. The van der Waals surface area contributed by atoms with Crippen molar-refractivity contribution in [2.24, 2.45) is 0 Å². The molecule has 1 heterocycles. The van der Waals surface area contributed by atoms with Gasteiger partial charge >= 0.3 is 0 Å². The van der Waals surface area contributed by atoms with Crippen molar-refractivity contribution in [3.8, 4) is 0 Å². The van der Waals surface area contributed by atoms with Crippen LogP contribution in [0, 0.1) is 0 Å². The molecule has 2 aromatic carbocycles. The summed E-state index contributed by atoms with van der Waals surface area (Å²) >= 11 is 9.52. The lowest BCUT2D eigenvalue weighted by Crippen LogP contribution is -1.68. The smallest absolute Gasteiger partial charge is 0.0609 e. The Balaban J connectivity index is 2.58. The number of para-hydroxylation sites is 1. The first-order chi connectivity index (χ1) is 7.25. The van der Waals surface area contributed by atoms with Crippen LogP contribution in [0.3, 0.4) is 0 Å². The zero-order valence-electron chi connectivity index (χ0n) is 7.72. The van der Waals surface area contributed by atoms with E-state index < -0.39 is 0 Å². The molecule has 0 aliphatic carbocycles. The van der Waals surface area contributed by atoms with Gasteiger partial charge in [-0.05, 0) is 40.2 Å². The lowest BCUT2D eigenvalue weighted by Gasteiger charge is -1.93. The summed E-state index contributed by atoms with van der Waals surface area (Å²) in [4.78, 5) is 3.37. The standard InChI is InChI=1S/C12H7BrClN/c13-10-3-1-2-8-9-6-7(14)4-5-11(9)15-12(8)10/h1-6,15H. The van der Waals surface area contributed by atoms with Gasteiger partial charge in [-0.15, -0.1) is 0 Å². The van der Waals surface area contributed by atoms with E-state index in [1.54, 1.807) is 0 Å². The van der Waals surface area contributed by atoms with Gasteiger partial charge < -0.3 is 4.98 Å². The maximum absolute atomic E-state index is 5.99. The minimum absolute atomic E-state index is 0.767. The van der Waals surface area contributed by atoms with Gasteiger partial charge in [0.15, 0.2) is 0 Å². The molecule has 0 radical (unpaired) electrons. The van der Waals surface area contributed by atoms with Crippen LogP contribution in [0.2, 0.25) is 5.02 Å². The number of benzene rings is 2. The van der Waals surface area contributed by atoms with Crippen LogP contribution in [-0.2, 0) is 0 Å². The summed E-state index contributed by atoms with van der Waals surface area (Å²) in [7, 11) is 0. The minimum atomic E-state index is 0.767. The molecule has 0 unspecified atom stereocenters. The topological polar surface area (TPSA) is 15.8 Å². The second-order valence-corrected chi connectivity index (χ2v) is 4.77. The molecule has 1 nitrogen and oxygen atoms in total. The highest BCUT2D eigenvalue weighted by atomic mass is 79.9. The Morgan fingerprint density at radius 1 is 1.07 bits per heavy atom. The van der Waals surface area contributed by atoms with E-state index >= 15 is 0 Å². The molecule has 3 heteroatoms. The molecule has 0 spiro atoms. The fourth-order valence-electron chi connectivity index (χ4n) is 1.86. The molecule has 0 atom stereocenters. The Morgan fingerprint density at radius 3 is 2.80 bits per heavy atom. The normalized spacial score (nSPS) is 11.3. The average Bonchev–Trinajstić information content (AvgIpc) is 2.58. The van der Waals surface area contributed by atoms with Crippen molar-refractivity contribution in [3.05, 3.63) is 45.9 Å². The number of aromatic nitrogens is 1. The van der Waals surface area contributed by atoms with Gasteiger partial charge in [-0.1, -0.05) is 23.7 Å². The fraction of sp³-hybridized carbons (Fsp3) is 0. The van der Waals surface area contributed by atoms with Crippen LogP contribution in [0.15, 0.2) is 40.9 Å². The second kappa shape index (κ2) is 3.26. The van der Waals surface area contributed by atoms with E-state index in [1.165, 1.54) is 10.8 Å². The molecule has 0 saturated carbocycles. The number of fused-ring (bicyclic) bond motifs is 3. The van der Waals surface area contributed by atoms with E-state index in [4.69, 9.17) is 11.6 Å². The number of hydrogen-bond donors (Lipinski definition) is 1. The van der Waals surface area contributed by atoms with Crippen LogP contribution in [0.25, 0.3) is 21.8 Å². The van der Waals surface area contributed by atoms with Crippen molar-refractivity contribution >= 4 is 49.3 Å². The maximum atomic E-state index is 5.99. The summed E-state index contributed by atoms with van der Waals surface area (Å²) < 4.78 is 1.08. The summed E-state index contributed by atoms with van der Waals surface area (Å²) in [6.07, 6.45) is 0. The van der Waals surface area contributed by atoms with E-state index in [-0.39, 0.29) is 0 Å². The number of nitrogens with one attached hydrogen (secondary N) is 1. The monoisotopic (exact) mass is 279 g/mol. The summed E-state index contributed by atoms with van der Waals surface area (Å²) in [5, 5.41) is 3.13. The highest BCUT2D eigenvalue weighted by molar-refractivity contribution is 9.10. The molecular weight excluding hydrogens is 273 g/mol. The molecule has 0 fully saturated rings. The molecule has 3 rings (SSSR count). The van der Waals surface area contributed by atoms with Gasteiger partial charge in [0, 0.05) is 25.8 Å². The van der Waals surface area contributed by atoms with Crippen molar-refractivity contribution < 1.29 is 0 Å². The first-order valence-corrected chi connectivity index (χ1v) is 5.78. The third-order valence-corrected chi connectivity index (χ3v) is 3.44. The number of H-pyrrole nitrogens is 1. The van der Waals surface area contributed by atoms with E-state index in [0.717, 1.165) is 20.5 Å². The van der Waals surface area contributed by atoms with Crippen LogP contribution in [0.1, 0.15) is 0 Å². The van der Waals surface area contributed by atoms with Gasteiger partial charge in [0.05, 0.1) is 5.52 Å². The van der Waals surface area contributed by atoms with Crippen molar-refractivity contribution in [1.82, 2.24) is 4.98 Å². The highest BCUT2D eigenvalue weighted by Gasteiger charge is 2.06. The van der Waals surface area contributed by atoms with Gasteiger partial charge in [-0.2, -0.15) is 0 Å². The van der Waals surface area contributed by atoms with E-state index in [9.17, 15) is 0 Å². The fourth-order valence-corrected chi connectivity index (χ4v) is 2.50. The third kappa shape index (κ3) is 1.36. The van der Waals surface area contributed by atoms with Gasteiger partial charge in [-0.3, -0.25) is 0 Å². The summed E-state index contributed by atoms with van der Waals surface area (Å²) in [5.41, 5.74) is 2.23. The number of hydrogen-bond acceptors (Lipinski definition) is 0. The Bertz CT molecular complexity index is 657. The molecule has 0 amide bonds. The van der Waals surface area contributed by atoms with Crippen molar-refractivity contribution in [2.45, 2.75) is 0 Å². The predicted octanol–water partition coefficient (Wildman–Crippen LogP) is 4.74. The second-order valence-electron chi connectivity index (χ2n) is 3.48. The molecule has 0 saturated heterocycles. The van der Waals surface area contributed by atoms with Crippen LogP contribution in [0.4, 0.5) is 0 Å². The first kappa shape index (κ1) is 9.25. The lowest BCUT2D eigenvalue weighted by atomic mass is 10.1. The molecule has 15 heavy (non-hydrogen) atoms. The van der Waals surface area contributed by atoms with E-state index in [0.29, 0.717) is 0 Å². The van der Waals surface area contributed by atoms with Crippen molar-refractivity contribution in [1.29, 1.82) is 0 Å². The predicted molar refractivity (Wildman–Crippen MR) is 68.5 cm³/mol. The van der Waals surface area contributed by atoms with Crippen molar-refractivity contribution in [2.75, 3.05) is 0 Å². The molecule has 0 aliphatic rings. The molecule has 74 valence electrons. The minimum Gasteiger partial charge on any atom is -0.354 e. The van der Waals surface area contributed by atoms with Crippen LogP contribution in [0.5, 0.6) is 0 Å². The van der Waals surface area contributed by atoms with Gasteiger partial charge in [0.2, 0.25) is 0 Å². The largest absolute Gasteiger partial charge is 0.354 e. The Labute approximate surface area is 100 Å². The number of rotatable bonds is 0. The summed E-state index contributed by atoms with van der Waals surface area (Å²) in [5.74, 6) is 0. The molecule has 0 bridgehead atoms. The number of halogens is 2. The Kier molecular flexibility index (Phi) is 2.01. The zero-order chi connectivity index (χ0) is 10.4. The third-order valence-electron chi connectivity index (χ3n) is 2.55.